The molecule has 0 radical (unpaired) electrons. The summed E-state index contributed by atoms with van der Waals surface area (Å²) >= 11 is 6.22. The van der Waals surface area contributed by atoms with Gasteiger partial charge in [-0.15, -0.1) is 0 Å². The van der Waals surface area contributed by atoms with Gasteiger partial charge in [0.05, 0.1) is 12.3 Å². The Kier molecular flexibility index (Phi) is 4.77. The molecule has 1 heterocycles. The Labute approximate surface area is 127 Å². The van der Waals surface area contributed by atoms with E-state index in [0.717, 1.165) is 11.3 Å². The van der Waals surface area contributed by atoms with Crippen LogP contribution in [0.5, 0.6) is 0 Å². The molecule has 6 heteroatoms. The lowest BCUT2D eigenvalue weighted by atomic mass is 10.0. The number of halogens is 1. The molecule has 0 aliphatic rings. The van der Waals surface area contributed by atoms with Gasteiger partial charge in [0.25, 0.3) is 0 Å². The summed E-state index contributed by atoms with van der Waals surface area (Å²) in [5.41, 5.74) is 8.01. The minimum Gasteiger partial charge on any atom is -0.439 e. The maximum absolute atomic E-state index is 10.9. The first-order chi connectivity index (χ1) is 10.0. The van der Waals surface area contributed by atoms with E-state index >= 15 is 0 Å². The average molecular weight is 307 g/mol. The zero-order chi connectivity index (χ0) is 15.4. The molecule has 3 N–H and O–H groups in total. The van der Waals surface area contributed by atoms with Gasteiger partial charge in [-0.3, -0.25) is 4.98 Å². The number of aliphatic hydroxyl groups is 1. The number of ether oxygens (including phenoxy) is 1. The van der Waals surface area contributed by atoms with Crippen LogP contribution in [-0.4, -0.2) is 22.8 Å². The number of aryl methyl sites for hydroxylation is 1. The van der Waals surface area contributed by atoms with Gasteiger partial charge in [-0.05, 0) is 36.2 Å². The number of aromatic nitrogens is 1. The number of nitrogens with zero attached hydrogens (tertiary/aromatic N) is 1. The van der Waals surface area contributed by atoms with Gasteiger partial charge in [0.1, 0.15) is 0 Å². The molecular weight excluding hydrogens is 292 g/mol. The minimum absolute atomic E-state index is 0.370. The third-order valence-corrected chi connectivity index (χ3v) is 3.38. The number of pyridine rings is 1. The topological polar surface area (TPSA) is 85.4 Å². The van der Waals surface area contributed by atoms with Crippen LogP contribution in [0, 0.1) is 6.92 Å². The monoisotopic (exact) mass is 306 g/mol. The third-order valence-electron chi connectivity index (χ3n) is 3.05. The van der Waals surface area contributed by atoms with Crippen molar-refractivity contribution in [2.24, 2.45) is 5.73 Å². The number of primary amides is 1. The number of carbonyl (C=O) groups is 1. The lowest BCUT2D eigenvalue weighted by molar-refractivity contribution is 0.0633. The summed E-state index contributed by atoms with van der Waals surface area (Å²) in [4.78, 5) is 15.2. The third kappa shape index (κ3) is 3.51. The second-order valence-corrected chi connectivity index (χ2v) is 4.92. The number of hydrogen-bond donors (Lipinski definition) is 2. The number of aliphatic hydroxyl groups excluding tert-OH is 1. The predicted molar refractivity (Wildman–Crippen MR) is 79.9 cm³/mol. The number of amides is 1. The van der Waals surface area contributed by atoms with Crippen molar-refractivity contribution in [2.45, 2.75) is 13.0 Å². The maximum atomic E-state index is 10.9. The van der Waals surface area contributed by atoms with E-state index in [1.54, 1.807) is 24.4 Å². The van der Waals surface area contributed by atoms with Crippen LogP contribution in [0.2, 0.25) is 5.02 Å². The maximum Gasteiger partial charge on any atom is 0.405 e. The van der Waals surface area contributed by atoms with E-state index in [1.807, 2.05) is 19.1 Å². The normalized spacial score (nSPS) is 12.0. The first-order valence-corrected chi connectivity index (χ1v) is 6.69. The Hall–Kier alpha value is -2.11. The van der Waals surface area contributed by atoms with Crippen LogP contribution in [0.25, 0.3) is 11.3 Å². The molecule has 0 saturated carbocycles. The van der Waals surface area contributed by atoms with E-state index in [2.05, 4.69) is 4.98 Å². The lowest BCUT2D eigenvalue weighted by Crippen LogP contribution is -2.19. The predicted octanol–water partition coefficient (Wildman–Crippen LogP) is 2.84. The van der Waals surface area contributed by atoms with Gasteiger partial charge in [0.15, 0.2) is 6.10 Å². The summed E-state index contributed by atoms with van der Waals surface area (Å²) in [6, 6.07) is 8.85. The highest BCUT2D eigenvalue weighted by Gasteiger charge is 2.17. The zero-order valence-electron chi connectivity index (χ0n) is 11.4. The fourth-order valence-corrected chi connectivity index (χ4v) is 2.25. The van der Waals surface area contributed by atoms with Crippen LogP contribution in [0.15, 0.2) is 36.5 Å². The highest BCUT2D eigenvalue weighted by molar-refractivity contribution is 6.33. The summed E-state index contributed by atoms with van der Waals surface area (Å²) < 4.78 is 4.87. The summed E-state index contributed by atoms with van der Waals surface area (Å²) in [6.07, 6.45) is -0.100. The van der Waals surface area contributed by atoms with Crippen LogP contribution in [0.4, 0.5) is 4.79 Å². The van der Waals surface area contributed by atoms with Crippen molar-refractivity contribution in [1.82, 2.24) is 4.98 Å². The fraction of sp³-hybridized carbons (Fsp3) is 0.200. The molecule has 1 aromatic heterocycles. The minimum atomic E-state index is -0.945. The summed E-state index contributed by atoms with van der Waals surface area (Å²) in [5.74, 6) is 0. The molecule has 110 valence electrons. The summed E-state index contributed by atoms with van der Waals surface area (Å²) in [6.45, 7) is 1.56. The van der Waals surface area contributed by atoms with Gasteiger partial charge >= 0.3 is 6.09 Å². The average Bonchev–Trinajstić information content (AvgIpc) is 2.46. The number of rotatable bonds is 4. The van der Waals surface area contributed by atoms with Crippen molar-refractivity contribution in [3.05, 3.63) is 52.7 Å². The Morgan fingerprint density at radius 1 is 1.48 bits per heavy atom. The molecule has 2 rings (SSSR count). The largest absolute Gasteiger partial charge is 0.439 e. The number of hydrogen-bond acceptors (Lipinski definition) is 4. The molecule has 0 unspecified atom stereocenters. The van der Waals surface area contributed by atoms with Gasteiger partial charge in [0, 0.05) is 16.8 Å². The van der Waals surface area contributed by atoms with Gasteiger partial charge in [0.2, 0.25) is 0 Å². The van der Waals surface area contributed by atoms with E-state index in [0.29, 0.717) is 16.1 Å². The molecule has 5 nitrogen and oxygen atoms in total. The van der Waals surface area contributed by atoms with Crippen molar-refractivity contribution in [3.8, 4) is 11.3 Å². The second kappa shape index (κ2) is 6.56. The smallest absolute Gasteiger partial charge is 0.405 e. The van der Waals surface area contributed by atoms with Crippen LogP contribution in [-0.2, 0) is 4.74 Å². The van der Waals surface area contributed by atoms with Gasteiger partial charge in [-0.2, -0.15) is 0 Å². The summed E-state index contributed by atoms with van der Waals surface area (Å²) in [5, 5.41) is 9.86. The number of carbonyl (C=O) groups excluding carboxylic acids is 1. The molecule has 0 spiro atoms. The van der Waals surface area contributed by atoms with Crippen molar-refractivity contribution < 1.29 is 14.6 Å². The van der Waals surface area contributed by atoms with Crippen molar-refractivity contribution in [1.29, 1.82) is 0 Å². The molecule has 0 aliphatic carbocycles. The van der Waals surface area contributed by atoms with E-state index in [-0.39, 0.29) is 6.61 Å². The van der Waals surface area contributed by atoms with E-state index < -0.39 is 12.2 Å². The van der Waals surface area contributed by atoms with Crippen molar-refractivity contribution in [2.75, 3.05) is 6.61 Å². The van der Waals surface area contributed by atoms with Crippen LogP contribution in [0.3, 0.4) is 0 Å². The van der Waals surface area contributed by atoms with E-state index in [4.69, 9.17) is 22.1 Å². The van der Waals surface area contributed by atoms with Gasteiger partial charge < -0.3 is 15.6 Å². The zero-order valence-corrected chi connectivity index (χ0v) is 12.2. The van der Waals surface area contributed by atoms with Crippen molar-refractivity contribution >= 4 is 17.7 Å². The highest BCUT2D eigenvalue weighted by Crippen LogP contribution is 2.31. The van der Waals surface area contributed by atoms with Gasteiger partial charge in [-0.1, -0.05) is 23.7 Å². The van der Waals surface area contributed by atoms with E-state index in [9.17, 15) is 9.90 Å². The second-order valence-electron chi connectivity index (χ2n) is 4.52. The number of nitrogens with two attached hydrogens (primary N) is 1. The molecule has 0 bridgehead atoms. The molecule has 1 atom stereocenters. The first kappa shape index (κ1) is 15.3. The molecule has 0 aliphatic heterocycles. The van der Waals surface area contributed by atoms with Crippen LogP contribution in [0.1, 0.15) is 17.2 Å². The standard InChI is InChI=1S/C15H15ClN2O3/c1-9-3-2-6-18-14(9)11-7-10(4-5-12(11)16)13(8-19)21-15(17)20/h2-7,13,19H,8H2,1H3,(H2,17,20)/t13-/m1/s1. The Bertz CT molecular complexity index is 661. The SMILES string of the molecule is Cc1cccnc1-c1cc([C@@H](CO)OC(N)=O)ccc1Cl. The molecule has 1 amide bonds. The quantitative estimate of drug-likeness (QED) is 0.909. The van der Waals surface area contributed by atoms with E-state index in [1.165, 1.54) is 0 Å². The first-order valence-electron chi connectivity index (χ1n) is 6.31. The van der Waals surface area contributed by atoms with Gasteiger partial charge in [-0.25, -0.2) is 4.79 Å². The van der Waals surface area contributed by atoms with Crippen LogP contribution < -0.4 is 5.73 Å². The van der Waals surface area contributed by atoms with Crippen molar-refractivity contribution in [3.63, 3.8) is 0 Å². The molecule has 21 heavy (non-hydrogen) atoms. The Balaban J connectivity index is 2.46. The highest BCUT2D eigenvalue weighted by atomic mass is 35.5. The summed E-state index contributed by atoms with van der Waals surface area (Å²) in [7, 11) is 0. The molecular formula is C15H15ClN2O3. The molecule has 2 aromatic rings. The molecule has 1 aromatic carbocycles. The molecule has 0 fully saturated rings. The van der Waals surface area contributed by atoms with Crippen LogP contribution >= 0.6 is 11.6 Å². The fourth-order valence-electron chi connectivity index (χ4n) is 2.04. The Morgan fingerprint density at radius 2 is 2.24 bits per heavy atom. The molecule has 0 saturated heterocycles. The Morgan fingerprint density at radius 3 is 2.86 bits per heavy atom. The lowest BCUT2D eigenvalue weighted by Gasteiger charge is -2.16. The number of benzene rings is 1.